The normalized spacial score (nSPS) is 10.0. The molecule has 2 rings (SSSR count). The zero-order chi connectivity index (χ0) is 15.2. The number of nitrogens with zero attached hydrogens (tertiary/aromatic N) is 4. The molecule has 0 unspecified atom stereocenters. The Morgan fingerprint density at radius 3 is 2.76 bits per heavy atom. The Kier molecular flexibility index (Phi) is 4.69. The third kappa shape index (κ3) is 3.27. The van der Waals surface area contributed by atoms with Gasteiger partial charge in [0, 0.05) is 19.5 Å². The zero-order valence-corrected chi connectivity index (χ0v) is 12.2. The van der Waals surface area contributed by atoms with E-state index in [1.165, 1.54) is 0 Å². The lowest BCUT2D eigenvalue weighted by molar-refractivity contribution is 0.831. The molecule has 1 aromatic carbocycles. The van der Waals surface area contributed by atoms with Crippen LogP contribution in [0.1, 0.15) is 24.7 Å². The first-order valence-electron chi connectivity index (χ1n) is 6.77. The molecule has 0 spiro atoms. The van der Waals surface area contributed by atoms with Crippen molar-refractivity contribution in [2.24, 2.45) is 5.84 Å². The number of para-hydroxylation sites is 1. The second kappa shape index (κ2) is 6.68. The second-order valence-corrected chi connectivity index (χ2v) is 4.61. The van der Waals surface area contributed by atoms with Gasteiger partial charge in [0.05, 0.1) is 11.3 Å². The molecule has 6 heteroatoms. The Morgan fingerprint density at radius 1 is 1.33 bits per heavy atom. The van der Waals surface area contributed by atoms with Crippen LogP contribution < -0.4 is 16.2 Å². The van der Waals surface area contributed by atoms with E-state index in [0.717, 1.165) is 24.4 Å². The fraction of sp³-hybridized carbons (Fsp3) is 0.267. The smallest absolute Gasteiger partial charge is 0.145 e. The Labute approximate surface area is 124 Å². The Morgan fingerprint density at radius 2 is 2.10 bits per heavy atom. The Balaban J connectivity index is 2.45. The van der Waals surface area contributed by atoms with E-state index in [1.807, 2.05) is 30.1 Å². The Hall–Kier alpha value is -2.65. The molecule has 3 N–H and O–H groups in total. The SMILES string of the molecule is CCCc1nc(NN)cc(N(C)c2ccccc2C#N)n1. The molecule has 1 aromatic heterocycles. The summed E-state index contributed by atoms with van der Waals surface area (Å²) in [7, 11) is 1.87. The van der Waals surface area contributed by atoms with Gasteiger partial charge >= 0.3 is 0 Å². The summed E-state index contributed by atoms with van der Waals surface area (Å²) >= 11 is 0. The molecule has 0 aliphatic heterocycles. The van der Waals surface area contributed by atoms with Crippen LogP contribution in [-0.4, -0.2) is 17.0 Å². The summed E-state index contributed by atoms with van der Waals surface area (Å²) in [5, 5.41) is 9.21. The van der Waals surface area contributed by atoms with Crippen LogP contribution in [0.2, 0.25) is 0 Å². The minimum atomic E-state index is 0.560. The highest BCUT2D eigenvalue weighted by Crippen LogP contribution is 2.26. The van der Waals surface area contributed by atoms with Crippen molar-refractivity contribution in [3.63, 3.8) is 0 Å². The molecule has 0 atom stereocenters. The third-order valence-electron chi connectivity index (χ3n) is 3.11. The second-order valence-electron chi connectivity index (χ2n) is 4.61. The van der Waals surface area contributed by atoms with E-state index >= 15 is 0 Å². The van der Waals surface area contributed by atoms with Gasteiger partial charge in [-0.05, 0) is 18.6 Å². The number of hydrogen-bond donors (Lipinski definition) is 2. The summed E-state index contributed by atoms with van der Waals surface area (Å²) in [6.45, 7) is 2.07. The number of nitrogens with two attached hydrogens (primary N) is 1. The van der Waals surface area contributed by atoms with Crippen molar-refractivity contribution >= 4 is 17.3 Å². The number of aromatic nitrogens is 2. The molecule has 0 amide bonds. The first-order chi connectivity index (χ1) is 10.2. The predicted molar refractivity (Wildman–Crippen MR) is 83.1 cm³/mol. The minimum Gasteiger partial charge on any atom is -0.328 e. The molecule has 1 heterocycles. The maximum atomic E-state index is 9.21. The number of hydrazine groups is 1. The molecule has 0 bridgehead atoms. The molecule has 21 heavy (non-hydrogen) atoms. The summed E-state index contributed by atoms with van der Waals surface area (Å²) in [4.78, 5) is 10.7. The molecule has 6 nitrogen and oxygen atoms in total. The van der Waals surface area contributed by atoms with Gasteiger partial charge in [0.25, 0.3) is 0 Å². The average Bonchev–Trinajstić information content (AvgIpc) is 2.54. The number of benzene rings is 1. The quantitative estimate of drug-likeness (QED) is 0.646. The van der Waals surface area contributed by atoms with Crippen LogP contribution in [0.3, 0.4) is 0 Å². The van der Waals surface area contributed by atoms with Gasteiger partial charge in [0.15, 0.2) is 0 Å². The number of nitriles is 1. The fourth-order valence-corrected chi connectivity index (χ4v) is 2.05. The van der Waals surface area contributed by atoms with Gasteiger partial charge in [-0.15, -0.1) is 0 Å². The van der Waals surface area contributed by atoms with Crippen molar-refractivity contribution in [1.29, 1.82) is 5.26 Å². The van der Waals surface area contributed by atoms with Crippen LogP contribution >= 0.6 is 0 Å². The molecule has 0 aliphatic rings. The molecular formula is C15H18N6. The van der Waals surface area contributed by atoms with E-state index < -0.39 is 0 Å². The highest BCUT2D eigenvalue weighted by atomic mass is 15.3. The van der Waals surface area contributed by atoms with E-state index in [9.17, 15) is 5.26 Å². The monoisotopic (exact) mass is 282 g/mol. The molecule has 0 fully saturated rings. The van der Waals surface area contributed by atoms with Gasteiger partial charge in [0.1, 0.15) is 23.5 Å². The number of nitrogens with one attached hydrogen (secondary N) is 1. The predicted octanol–water partition coefficient (Wildman–Crippen LogP) is 2.35. The number of hydrogen-bond acceptors (Lipinski definition) is 6. The van der Waals surface area contributed by atoms with Crippen LogP contribution in [-0.2, 0) is 6.42 Å². The van der Waals surface area contributed by atoms with E-state index in [4.69, 9.17) is 5.84 Å². The fourth-order valence-electron chi connectivity index (χ4n) is 2.05. The zero-order valence-electron chi connectivity index (χ0n) is 12.2. The van der Waals surface area contributed by atoms with Crippen LogP contribution in [0.5, 0.6) is 0 Å². The van der Waals surface area contributed by atoms with Gasteiger partial charge in [0.2, 0.25) is 0 Å². The van der Waals surface area contributed by atoms with E-state index in [0.29, 0.717) is 17.2 Å². The average molecular weight is 282 g/mol. The summed E-state index contributed by atoms with van der Waals surface area (Å²) in [5.41, 5.74) is 3.95. The summed E-state index contributed by atoms with van der Waals surface area (Å²) in [6, 6.07) is 11.3. The van der Waals surface area contributed by atoms with Gasteiger partial charge in [-0.2, -0.15) is 5.26 Å². The van der Waals surface area contributed by atoms with Crippen molar-refractivity contribution in [3.8, 4) is 6.07 Å². The molecule has 0 saturated carbocycles. The number of rotatable bonds is 5. The van der Waals surface area contributed by atoms with Crippen LogP contribution in [0.15, 0.2) is 30.3 Å². The highest BCUT2D eigenvalue weighted by Gasteiger charge is 2.12. The highest BCUT2D eigenvalue weighted by molar-refractivity contribution is 5.67. The van der Waals surface area contributed by atoms with Gasteiger partial charge in [-0.1, -0.05) is 19.1 Å². The third-order valence-corrected chi connectivity index (χ3v) is 3.11. The molecule has 0 aliphatic carbocycles. The molecule has 108 valence electrons. The van der Waals surface area contributed by atoms with Crippen molar-refractivity contribution < 1.29 is 0 Å². The Bertz CT molecular complexity index is 661. The summed E-state index contributed by atoms with van der Waals surface area (Å²) < 4.78 is 0. The first-order valence-corrected chi connectivity index (χ1v) is 6.77. The largest absolute Gasteiger partial charge is 0.328 e. The molecule has 0 radical (unpaired) electrons. The number of anilines is 3. The lowest BCUT2D eigenvalue weighted by Crippen LogP contribution is -2.16. The number of nitrogen functional groups attached to an aromatic ring is 1. The van der Waals surface area contributed by atoms with Gasteiger partial charge < -0.3 is 10.3 Å². The standard InChI is InChI=1S/C15H18N6/c1-3-6-13-18-14(20-17)9-15(19-13)21(2)12-8-5-4-7-11(12)10-16/h4-5,7-9H,3,6,17H2,1-2H3,(H,18,19,20). The number of aryl methyl sites for hydroxylation is 1. The summed E-state index contributed by atoms with van der Waals surface area (Å²) in [6.07, 6.45) is 1.72. The maximum Gasteiger partial charge on any atom is 0.145 e. The van der Waals surface area contributed by atoms with E-state index in [2.05, 4.69) is 28.4 Å². The van der Waals surface area contributed by atoms with E-state index in [1.54, 1.807) is 12.1 Å². The molecular weight excluding hydrogens is 264 g/mol. The van der Waals surface area contributed by atoms with E-state index in [-0.39, 0.29) is 0 Å². The van der Waals surface area contributed by atoms with Crippen LogP contribution in [0.4, 0.5) is 17.3 Å². The van der Waals surface area contributed by atoms with Gasteiger partial charge in [-0.25, -0.2) is 15.8 Å². The van der Waals surface area contributed by atoms with Crippen molar-refractivity contribution in [1.82, 2.24) is 9.97 Å². The van der Waals surface area contributed by atoms with Crippen molar-refractivity contribution in [2.75, 3.05) is 17.4 Å². The topological polar surface area (TPSA) is 90.9 Å². The first kappa shape index (κ1) is 14.8. The molecule has 2 aromatic rings. The lowest BCUT2D eigenvalue weighted by atomic mass is 10.2. The minimum absolute atomic E-state index is 0.560. The van der Waals surface area contributed by atoms with Crippen LogP contribution in [0.25, 0.3) is 0 Å². The molecule has 0 saturated heterocycles. The van der Waals surface area contributed by atoms with Gasteiger partial charge in [-0.3, -0.25) is 0 Å². The van der Waals surface area contributed by atoms with Crippen LogP contribution in [0, 0.1) is 11.3 Å². The maximum absolute atomic E-state index is 9.21. The van der Waals surface area contributed by atoms with Crippen molar-refractivity contribution in [2.45, 2.75) is 19.8 Å². The van der Waals surface area contributed by atoms with Crippen molar-refractivity contribution in [3.05, 3.63) is 41.7 Å². The lowest BCUT2D eigenvalue weighted by Gasteiger charge is -2.20. The summed E-state index contributed by atoms with van der Waals surface area (Å²) in [5.74, 6) is 7.45.